The van der Waals surface area contributed by atoms with E-state index in [-0.39, 0.29) is 12.3 Å². The van der Waals surface area contributed by atoms with Crippen LogP contribution in [0, 0.1) is 0 Å². The first-order valence-electron chi connectivity index (χ1n) is 7.93. The van der Waals surface area contributed by atoms with E-state index in [1.54, 1.807) is 19.2 Å². The van der Waals surface area contributed by atoms with Crippen LogP contribution in [0.25, 0.3) is 10.2 Å². The van der Waals surface area contributed by atoms with Gasteiger partial charge in [0.15, 0.2) is 4.80 Å². The van der Waals surface area contributed by atoms with Crippen LogP contribution in [0.1, 0.15) is 15.2 Å². The molecule has 3 rings (SSSR count). The Kier molecular flexibility index (Phi) is 5.97. The Morgan fingerprint density at radius 2 is 2.08 bits per heavy atom. The number of rotatable bonds is 6. The van der Waals surface area contributed by atoms with Crippen LogP contribution in [0.2, 0.25) is 0 Å². The van der Waals surface area contributed by atoms with Crippen LogP contribution >= 0.6 is 22.7 Å². The number of nitrogens with zero attached hydrogens (tertiary/aromatic N) is 2. The van der Waals surface area contributed by atoms with E-state index in [0.717, 1.165) is 15.1 Å². The number of benzene rings is 1. The van der Waals surface area contributed by atoms with Crippen molar-refractivity contribution in [2.75, 3.05) is 20.8 Å². The van der Waals surface area contributed by atoms with Crippen LogP contribution < -0.4 is 4.80 Å². The Hall–Kier alpha value is -2.29. The molecule has 0 aliphatic carbocycles. The number of aromatic nitrogens is 1. The molecule has 0 fully saturated rings. The Morgan fingerprint density at radius 3 is 2.77 bits per heavy atom. The van der Waals surface area contributed by atoms with Crippen LogP contribution in [0.4, 0.5) is 0 Å². The lowest BCUT2D eigenvalue weighted by Crippen LogP contribution is -2.19. The van der Waals surface area contributed by atoms with Crippen LogP contribution in [0.3, 0.4) is 0 Å². The molecule has 2 heterocycles. The van der Waals surface area contributed by atoms with Gasteiger partial charge in [-0.15, -0.1) is 11.3 Å². The summed E-state index contributed by atoms with van der Waals surface area (Å²) in [6.45, 7) is 1.07. The normalized spacial score (nSPS) is 11.8. The summed E-state index contributed by atoms with van der Waals surface area (Å²) >= 11 is 2.91. The van der Waals surface area contributed by atoms with Crippen molar-refractivity contribution in [1.82, 2.24) is 4.57 Å². The van der Waals surface area contributed by atoms with Gasteiger partial charge in [0.1, 0.15) is 0 Å². The molecule has 0 bridgehead atoms. The van der Waals surface area contributed by atoms with Gasteiger partial charge in [-0.25, -0.2) is 4.79 Å². The van der Waals surface area contributed by atoms with Gasteiger partial charge in [-0.2, -0.15) is 4.99 Å². The lowest BCUT2D eigenvalue weighted by atomic mass is 10.2. The molecule has 2 aromatic heterocycles. The van der Waals surface area contributed by atoms with Crippen molar-refractivity contribution in [3.8, 4) is 0 Å². The molecule has 0 aliphatic heterocycles. The predicted molar refractivity (Wildman–Crippen MR) is 102 cm³/mol. The van der Waals surface area contributed by atoms with Crippen molar-refractivity contribution in [3.05, 3.63) is 51.0 Å². The number of amides is 1. The van der Waals surface area contributed by atoms with Gasteiger partial charge in [0.05, 0.1) is 35.9 Å². The van der Waals surface area contributed by atoms with Crippen molar-refractivity contribution in [2.45, 2.75) is 13.0 Å². The molecule has 3 aromatic rings. The molecular weight excluding hydrogens is 372 g/mol. The van der Waals surface area contributed by atoms with E-state index >= 15 is 0 Å². The van der Waals surface area contributed by atoms with E-state index in [4.69, 9.17) is 9.47 Å². The summed E-state index contributed by atoms with van der Waals surface area (Å²) in [5.41, 5.74) is 1.37. The van der Waals surface area contributed by atoms with Gasteiger partial charge in [0, 0.05) is 18.5 Å². The summed E-state index contributed by atoms with van der Waals surface area (Å²) < 4.78 is 12.8. The van der Waals surface area contributed by atoms with Crippen LogP contribution in [0.5, 0.6) is 0 Å². The molecule has 8 heteroatoms. The highest BCUT2D eigenvalue weighted by molar-refractivity contribution is 7.16. The van der Waals surface area contributed by atoms with E-state index in [1.807, 2.05) is 28.1 Å². The molecule has 0 spiro atoms. The second-order valence-electron chi connectivity index (χ2n) is 5.46. The van der Waals surface area contributed by atoms with E-state index in [2.05, 4.69) is 4.99 Å². The zero-order valence-corrected chi connectivity index (χ0v) is 16.1. The number of ether oxygens (including phenoxy) is 2. The van der Waals surface area contributed by atoms with Crippen molar-refractivity contribution in [3.63, 3.8) is 0 Å². The topological polar surface area (TPSA) is 69.9 Å². The third kappa shape index (κ3) is 4.09. The first-order valence-corrected chi connectivity index (χ1v) is 9.62. The van der Waals surface area contributed by atoms with Gasteiger partial charge in [-0.3, -0.25) is 4.79 Å². The summed E-state index contributed by atoms with van der Waals surface area (Å²) in [5, 5.41) is 1.94. The highest BCUT2D eigenvalue weighted by atomic mass is 32.1. The third-order valence-electron chi connectivity index (χ3n) is 3.75. The maximum atomic E-state index is 12.3. The Balaban J connectivity index is 2.02. The van der Waals surface area contributed by atoms with Gasteiger partial charge >= 0.3 is 5.97 Å². The zero-order valence-electron chi connectivity index (χ0n) is 14.4. The van der Waals surface area contributed by atoms with Crippen molar-refractivity contribution < 1.29 is 19.1 Å². The number of fused-ring (bicyclic) bond motifs is 1. The molecular formula is C18H18N2O4S2. The second-order valence-corrected chi connectivity index (χ2v) is 7.51. The Bertz CT molecular complexity index is 986. The molecule has 0 aliphatic rings. The lowest BCUT2D eigenvalue weighted by Gasteiger charge is -2.05. The lowest BCUT2D eigenvalue weighted by molar-refractivity contribution is -0.117. The molecule has 1 amide bonds. The van der Waals surface area contributed by atoms with Gasteiger partial charge in [-0.05, 0) is 29.6 Å². The van der Waals surface area contributed by atoms with Gasteiger partial charge in [0.2, 0.25) is 0 Å². The number of hydrogen-bond donors (Lipinski definition) is 0. The van der Waals surface area contributed by atoms with Gasteiger partial charge in [0.25, 0.3) is 5.91 Å². The maximum Gasteiger partial charge on any atom is 0.337 e. The van der Waals surface area contributed by atoms with Gasteiger partial charge < -0.3 is 14.0 Å². The summed E-state index contributed by atoms with van der Waals surface area (Å²) in [6.07, 6.45) is 0.281. The van der Waals surface area contributed by atoms with Crippen molar-refractivity contribution in [1.29, 1.82) is 0 Å². The molecule has 136 valence electrons. The van der Waals surface area contributed by atoms with Crippen LogP contribution in [0.15, 0.2) is 40.7 Å². The minimum Gasteiger partial charge on any atom is -0.465 e. The van der Waals surface area contributed by atoms with Crippen LogP contribution in [-0.2, 0) is 27.2 Å². The van der Waals surface area contributed by atoms with E-state index in [1.165, 1.54) is 29.8 Å². The summed E-state index contributed by atoms with van der Waals surface area (Å²) in [6, 6.07) is 9.15. The van der Waals surface area contributed by atoms with Crippen molar-refractivity contribution >= 4 is 44.8 Å². The number of hydrogen-bond acceptors (Lipinski definition) is 6. The number of thiazole rings is 1. The molecule has 0 unspecified atom stereocenters. The van der Waals surface area contributed by atoms with Crippen molar-refractivity contribution in [2.24, 2.45) is 4.99 Å². The number of esters is 1. The predicted octanol–water partition coefficient (Wildman–Crippen LogP) is 2.87. The summed E-state index contributed by atoms with van der Waals surface area (Å²) in [7, 11) is 2.98. The average molecular weight is 390 g/mol. The summed E-state index contributed by atoms with van der Waals surface area (Å²) in [5.74, 6) is -0.589. The fourth-order valence-electron chi connectivity index (χ4n) is 2.51. The smallest absolute Gasteiger partial charge is 0.337 e. The Morgan fingerprint density at radius 1 is 1.23 bits per heavy atom. The highest BCUT2D eigenvalue weighted by Crippen LogP contribution is 2.20. The number of methoxy groups -OCH3 is 2. The SMILES string of the molecule is COCCn1c(=NC(=O)Cc2cccs2)sc2cc(C(=O)OC)ccc21. The number of carbonyl (C=O) groups excluding carboxylic acids is 2. The molecule has 0 radical (unpaired) electrons. The number of carbonyl (C=O) groups is 2. The molecule has 26 heavy (non-hydrogen) atoms. The molecule has 0 N–H and O–H groups in total. The zero-order chi connectivity index (χ0) is 18.5. The number of thiophene rings is 1. The molecule has 0 atom stereocenters. The first kappa shape index (κ1) is 18.5. The summed E-state index contributed by atoms with van der Waals surface area (Å²) in [4.78, 5) is 30.0. The standard InChI is InChI=1S/C18H18N2O4S2/c1-23-8-7-20-14-6-5-12(17(22)24-2)10-15(14)26-18(20)19-16(21)11-13-4-3-9-25-13/h3-6,9-10H,7-8,11H2,1-2H3. The van der Waals surface area contributed by atoms with E-state index in [0.29, 0.717) is 23.5 Å². The fraction of sp³-hybridized carbons (Fsp3) is 0.278. The largest absolute Gasteiger partial charge is 0.465 e. The molecule has 0 saturated heterocycles. The highest BCUT2D eigenvalue weighted by Gasteiger charge is 2.12. The fourth-order valence-corrected chi connectivity index (χ4v) is 4.32. The minimum absolute atomic E-state index is 0.196. The quantitative estimate of drug-likeness (QED) is 0.607. The third-order valence-corrected chi connectivity index (χ3v) is 5.67. The first-order chi connectivity index (χ1) is 12.6. The molecule has 0 saturated carbocycles. The molecule has 6 nitrogen and oxygen atoms in total. The van der Waals surface area contributed by atoms with E-state index < -0.39 is 5.97 Å². The van der Waals surface area contributed by atoms with Crippen LogP contribution in [-0.4, -0.2) is 37.3 Å². The Labute approximate surface area is 158 Å². The monoisotopic (exact) mass is 390 g/mol. The molecule has 1 aromatic carbocycles. The van der Waals surface area contributed by atoms with Gasteiger partial charge in [-0.1, -0.05) is 17.4 Å². The average Bonchev–Trinajstić information content (AvgIpc) is 3.26. The minimum atomic E-state index is -0.393. The second kappa shape index (κ2) is 8.39. The van der Waals surface area contributed by atoms with E-state index in [9.17, 15) is 9.59 Å². The maximum absolute atomic E-state index is 12.3.